The molecule has 0 atom stereocenters. The number of likely N-dealkylation sites (N-methyl/N-ethyl adjacent to an activating group) is 1. The summed E-state index contributed by atoms with van der Waals surface area (Å²) in [4.78, 5) is 13.2. The van der Waals surface area contributed by atoms with Crippen LogP contribution in [0.2, 0.25) is 0 Å². The van der Waals surface area contributed by atoms with Crippen molar-refractivity contribution in [3.63, 3.8) is 0 Å². The average molecular weight is 364 g/mol. The Morgan fingerprint density at radius 2 is 2.09 bits per heavy atom. The molecule has 0 fully saturated rings. The predicted molar refractivity (Wildman–Crippen MR) is 84.1 cm³/mol. The Hall–Kier alpha value is -2.51. The lowest BCUT2D eigenvalue weighted by molar-refractivity contribution is -0.124. The largest absolute Gasteiger partial charge is 0.493 e. The minimum Gasteiger partial charge on any atom is -0.493 e. The standard InChI is InChI=1S/C15H14BrN3O3/c1-19(2)15(20)11(9-18)6-10-7-12(16)14(22-5-4-17)13(8-10)21-3/h6-8H,5H2,1-3H3/b11-6-. The fourth-order valence-corrected chi connectivity index (χ4v) is 2.19. The molecule has 0 radical (unpaired) electrons. The van der Waals surface area contributed by atoms with Gasteiger partial charge in [-0.1, -0.05) is 0 Å². The second kappa shape index (κ2) is 8.06. The van der Waals surface area contributed by atoms with Crippen LogP contribution in [0.1, 0.15) is 5.56 Å². The summed E-state index contributed by atoms with van der Waals surface area (Å²) in [6.45, 7) is -0.118. The van der Waals surface area contributed by atoms with E-state index in [0.29, 0.717) is 21.5 Å². The summed E-state index contributed by atoms with van der Waals surface area (Å²) in [7, 11) is 4.61. The topological polar surface area (TPSA) is 86.3 Å². The Labute approximate surface area is 137 Å². The first-order chi connectivity index (χ1) is 10.4. The number of nitrogens with zero attached hydrogens (tertiary/aromatic N) is 3. The molecule has 0 N–H and O–H groups in total. The highest BCUT2D eigenvalue weighted by Gasteiger charge is 2.14. The monoisotopic (exact) mass is 363 g/mol. The maximum absolute atomic E-state index is 11.9. The van der Waals surface area contributed by atoms with Gasteiger partial charge < -0.3 is 14.4 Å². The summed E-state index contributed by atoms with van der Waals surface area (Å²) >= 11 is 3.32. The number of methoxy groups -OCH3 is 1. The Morgan fingerprint density at radius 3 is 2.59 bits per heavy atom. The van der Waals surface area contributed by atoms with Crippen molar-refractivity contribution in [3.8, 4) is 23.6 Å². The summed E-state index contributed by atoms with van der Waals surface area (Å²) < 4.78 is 11.1. The van der Waals surface area contributed by atoms with Crippen LogP contribution < -0.4 is 9.47 Å². The number of carbonyl (C=O) groups excluding carboxylic acids is 1. The van der Waals surface area contributed by atoms with Gasteiger partial charge in [-0.05, 0) is 39.7 Å². The van der Waals surface area contributed by atoms with E-state index in [1.54, 1.807) is 26.2 Å². The highest BCUT2D eigenvalue weighted by molar-refractivity contribution is 9.10. The molecule has 1 aromatic rings. The van der Waals surface area contributed by atoms with Crippen LogP contribution in [0.4, 0.5) is 0 Å². The minimum absolute atomic E-state index is 0.00430. The summed E-state index contributed by atoms with van der Waals surface area (Å²) in [6.07, 6.45) is 1.46. The molecule has 0 aliphatic carbocycles. The van der Waals surface area contributed by atoms with Gasteiger partial charge in [0.05, 0.1) is 11.6 Å². The van der Waals surface area contributed by atoms with Gasteiger partial charge in [0.25, 0.3) is 5.91 Å². The number of ether oxygens (including phenoxy) is 2. The summed E-state index contributed by atoms with van der Waals surface area (Å²) in [6, 6.07) is 7.05. The third-order valence-corrected chi connectivity index (χ3v) is 3.19. The molecule has 0 heterocycles. The van der Waals surface area contributed by atoms with Crippen LogP contribution in [0.3, 0.4) is 0 Å². The average Bonchev–Trinajstić information content (AvgIpc) is 2.50. The molecule has 1 rings (SSSR count). The van der Waals surface area contributed by atoms with Gasteiger partial charge in [0, 0.05) is 14.1 Å². The lowest BCUT2D eigenvalue weighted by Crippen LogP contribution is -2.22. The fourth-order valence-electron chi connectivity index (χ4n) is 1.62. The number of rotatable bonds is 5. The molecule has 0 saturated carbocycles. The molecule has 1 aromatic carbocycles. The first kappa shape index (κ1) is 17.5. The summed E-state index contributed by atoms with van der Waals surface area (Å²) in [5, 5.41) is 17.7. The van der Waals surface area contributed by atoms with Crippen LogP contribution in [-0.4, -0.2) is 38.6 Å². The Balaban J connectivity index is 3.28. The molecule has 0 aliphatic rings. The van der Waals surface area contributed by atoms with E-state index < -0.39 is 0 Å². The van der Waals surface area contributed by atoms with Crippen molar-refractivity contribution in [2.75, 3.05) is 27.8 Å². The first-order valence-corrected chi connectivity index (χ1v) is 6.94. The van der Waals surface area contributed by atoms with Crippen molar-refractivity contribution in [1.82, 2.24) is 4.90 Å². The molecule has 7 heteroatoms. The summed E-state index contributed by atoms with van der Waals surface area (Å²) in [5.41, 5.74) is 0.601. The predicted octanol–water partition coefficient (Wildman–Crippen LogP) is 2.36. The van der Waals surface area contributed by atoms with E-state index in [4.69, 9.17) is 20.0 Å². The molecule has 0 bridgehead atoms. The first-order valence-electron chi connectivity index (χ1n) is 6.15. The zero-order valence-corrected chi connectivity index (χ0v) is 14.0. The SMILES string of the molecule is COc1cc(/C=C(/C#N)C(=O)N(C)C)cc(Br)c1OCC#N. The van der Waals surface area contributed by atoms with Crippen LogP contribution in [0.15, 0.2) is 22.2 Å². The molecule has 0 aromatic heterocycles. The van der Waals surface area contributed by atoms with Gasteiger partial charge in [-0.3, -0.25) is 4.79 Å². The van der Waals surface area contributed by atoms with Gasteiger partial charge in [-0.2, -0.15) is 10.5 Å². The number of hydrogen-bond acceptors (Lipinski definition) is 5. The maximum atomic E-state index is 11.9. The van der Waals surface area contributed by atoms with E-state index in [1.165, 1.54) is 18.1 Å². The van der Waals surface area contributed by atoms with E-state index in [1.807, 2.05) is 12.1 Å². The third kappa shape index (κ3) is 4.24. The van der Waals surface area contributed by atoms with Gasteiger partial charge in [0.1, 0.15) is 17.7 Å². The van der Waals surface area contributed by atoms with Gasteiger partial charge in [0.15, 0.2) is 18.1 Å². The normalized spacial score (nSPS) is 10.4. The van der Waals surface area contributed by atoms with Gasteiger partial charge in [-0.15, -0.1) is 0 Å². The zero-order chi connectivity index (χ0) is 16.7. The Bertz CT molecular complexity index is 684. The van der Waals surface area contributed by atoms with Gasteiger partial charge in [0.2, 0.25) is 0 Å². The minimum atomic E-state index is -0.387. The maximum Gasteiger partial charge on any atom is 0.264 e. The van der Waals surface area contributed by atoms with Crippen LogP contribution in [0.25, 0.3) is 6.08 Å². The second-order valence-corrected chi connectivity index (χ2v) is 5.20. The lowest BCUT2D eigenvalue weighted by atomic mass is 10.1. The zero-order valence-electron chi connectivity index (χ0n) is 12.4. The van der Waals surface area contributed by atoms with Crippen LogP contribution in [0, 0.1) is 22.7 Å². The number of hydrogen-bond donors (Lipinski definition) is 0. The van der Waals surface area contributed by atoms with Crippen molar-refractivity contribution in [3.05, 3.63) is 27.7 Å². The Kier molecular flexibility index (Phi) is 6.43. The molecule has 0 saturated heterocycles. The highest BCUT2D eigenvalue weighted by atomic mass is 79.9. The van der Waals surface area contributed by atoms with Crippen LogP contribution >= 0.6 is 15.9 Å². The molecule has 114 valence electrons. The van der Waals surface area contributed by atoms with Crippen molar-refractivity contribution in [1.29, 1.82) is 10.5 Å². The van der Waals surface area contributed by atoms with E-state index in [0.717, 1.165) is 0 Å². The van der Waals surface area contributed by atoms with Crippen LogP contribution in [0.5, 0.6) is 11.5 Å². The van der Waals surface area contributed by atoms with Gasteiger partial charge >= 0.3 is 0 Å². The number of nitriles is 2. The number of amides is 1. The molecule has 0 aliphatic heterocycles. The van der Waals surface area contributed by atoms with E-state index in [9.17, 15) is 4.79 Å². The molecular weight excluding hydrogens is 350 g/mol. The summed E-state index contributed by atoms with van der Waals surface area (Å²) in [5.74, 6) is 0.395. The van der Waals surface area contributed by atoms with E-state index in [2.05, 4.69) is 15.9 Å². The van der Waals surface area contributed by atoms with Crippen LogP contribution in [-0.2, 0) is 4.79 Å². The molecule has 22 heavy (non-hydrogen) atoms. The smallest absolute Gasteiger partial charge is 0.264 e. The molecule has 6 nitrogen and oxygen atoms in total. The number of carbonyl (C=O) groups is 1. The quantitative estimate of drug-likeness (QED) is 0.591. The van der Waals surface area contributed by atoms with Crippen molar-refractivity contribution in [2.45, 2.75) is 0 Å². The molecule has 0 spiro atoms. The number of benzene rings is 1. The van der Waals surface area contributed by atoms with Crippen molar-refractivity contribution >= 4 is 27.9 Å². The molecule has 0 unspecified atom stereocenters. The molecule has 1 amide bonds. The third-order valence-electron chi connectivity index (χ3n) is 2.60. The Morgan fingerprint density at radius 1 is 1.41 bits per heavy atom. The molecular formula is C15H14BrN3O3. The van der Waals surface area contributed by atoms with Crippen molar-refractivity contribution < 1.29 is 14.3 Å². The van der Waals surface area contributed by atoms with Gasteiger partial charge in [-0.25, -0.2) is 0 Å². The van der Waals surface area contributed by atoms with E-state index in [-0.39, 0.29) is 18.1 Å². The lowest BCUT2D eigenvalue weighted by Gasteiger charge is -2.12. The highest BCUT2D eigenvalue weighted by Crippen LogP contribution is 2.37. The van der Waals surface area contributed by atoms with E-state index >= 15 is 0 Å². The van der Waals surface area contributed by atoms with Crippen molar-refractivity contribution in [2.24, 2.45) is 0 Å². The fraction of sp³-hybridized carbons (Fsp3) is 0.267. The number of halogens is 1. The second-order valence-electron chi connectivity index (χ2n) is 4.35.